The minimum atomic E-state index is 0. The molecule has 1 saturated heterocycles. The second-order valence-corrected chi connectivity index (χ2v) is 3.74. The Morgan fingerprint density at radius 1 is 1.38 bits per heavy atom. The minimum absolute atomic E-state index is 0. The maximum atomic E-state index is 5.72. The van der Waals surface area contributed by atoms with E-state index in [-0.39, 0.29) is 30.9 Å². The number of rotatable bonds is 1. The van der Waals surface area contributed by atoms with Crippen molar-refractivity contribution in [3.8, 4) is 0 Å². The summed E-state index contributed by atoms with van der Waals surface area (Å²) in [5.41, 5.74) is 1.14. The molecule has 0 aliphatic carbocycles. The molecule has 1 N–H and O–H groups in total. The summed E-state index contributed by atoms with van der Waals surface area (Å²) in [5, 5.41) is 3.94. The summed E-state index contributed by atoms with van der Waals surface area (Å²) < 4.78 is 5.47. The smallest absolute Gasteiger partial charge is 0.129 e. The van der Waals surface area contributed by atoms with E-state index in [0.717, 1.165) is 25.1 Å². The SMILES string of the molecule is Cl.Cl.Clc1ccc(C2COCCCN2)cn1. The molecule has 0 amide bonds. The number of nitrogens with zero attached hydrogens (tertiary/aromatic N) is 1. The van der Waals surface area contributed by atoms with Crippen molar-refractivity contribution >= 4 is 36.4 Å². The van der Waals surface area contributed by atoms with Gasteiger partial charge in [0, 0.05) is 12.8 Å². The molecule has 0 bridgehead atoms. The molecule has 1 aromatic rings. The van der Waals surface area contributed by atoms with Gasteiger partial charge in [-0.2, -0.15) is 0 Å². The highest BCUT2D eigenvalue weighted by Crippen LogP contribution is 2.16. The van der Waals surface area contributed by atoms with Gasteiger partial charge >= 0.3 is 0 Å². The Bertz CT molecular complexity index is 287. The van der Waals surface area contributed by atoms with Crippen molar-refractivity contribution in [3.63, 3.8) is 0 Å². The van der Waals surface area contributed by atoms with Gasteiger partial charge in [0.25, 0.3) is 0 Å². The van der Waals surface area contributed by atoms with Crippen LogP contribution in [0.2, 0.25) is 5.15 Å². The molecule has 1 atom stereocenters. The maximum absolute atomic E-state index is 5.72. The summed E-state index contributed by atoms with van der Waals surface area (Å²) >= 11 is 5.72. The van der Waals surface area contributed by atoms with Gasteiger partial charge in [-0.15, -0.1) is 24.8 Å². The van der Waals surface area contributed by atoms with E-state index < -0.39 is 0 Å². The summed E-state index contributed by atoms with van der Waals surface area (Å²) in [5.74, 6) is 0. The molecular formula is C10H15Cl3N2O. The third kappa shape index (κ3) is 4.44. The first-order valence-electron chi connectivity index (χ1n) is 4.79. The highest BCUT2D eigenvalue weighted by molar-refractivity contribution is 6.29. The molecule has 3 nitrogen and oxygen atoms in total. The van der Waals surface area contributed by atoms with Gasteiger partial charge in [-0.3, -0.25) is 0 Å². The van der Waals surface area contributed by atoms with Gasteiger partial charge in [0.2, 0.25) is 0 Å². The van der Waals surface area contributed by atoms with Crippen LogP contribution in [0.15, 0.2) is 18.3 Å². The summed E-state index contributed by atoms with van der Waals surface area (Å²) in [4.78, 5) is 4.05. The highest BCUT2D eigenvalue weighted by atomic mass is 35.5. The van der Waals surface area contributed by atoms with Crippen LogP contribution < -0.4 is 5.32 Å². The monoisotopic (exact) mass is 284 g/mol. The Kier molecular flexibility index (Phi) is 8.06. The number of halogens is 3. The maximum Gasteiger partial charge on any atom is 0.129 e. The molecule has 92 valence electrons. The van der Waals surface area contributed by atoms with Gasteiger partial charge < -0.3 is 10.1 Å². The minimum Gasteiger partial charge on any atom is -0.379 e. The molecule has 0 spiro atoms. The lowest BCUT2D eigenvalue weighted by molar-refractivity contribution is 0.131. The van der Waals surface area contributed by atoms with Crippen LogP contribution >= 0.6 is 36.4 Å². The van der Waals surface area contributed by atoms with Crippen molar-refractivity contribution in [2.45, 2.75) is 12.5 Å². The molecule has 0 saturated carbocycles. The van der Waals surface area contributed by atoms with E-state index in [1.165, 1.54) is 0 Å². The van der Waals surface area contributed by atoms with Crippen molar-refractivity contribution in [1.82, 2.24) is 10.3 Å². The first kappa shape index (κ1) is 15.9. The van der Waals surface area contributed by atoms with Crippen molar-refractivity contribution in [2.75, 3.05) is 19.8 Å². The van der Waals surface area contributed by atoms with Gasteiger partial charge in [0.15, 0.2) is 0 Å². The molecule has 0 radical (unpaired) electrons. The lowest BCUT2D eigenvalue weighted by atomic mass is 10.1. The Morgan fingerprint density at radius 2 is 2.19 bits per heavy atom. The number of pyridine rings is 1. The average Bonchev–Trinajstić information content (AvgIpc) is 2.47. The Morgan fingerprint density at radius 3 is 2.88 bits per heavy atom. The van der Waals surface area contributed by atoms with Crippen LogP contribution in [0.4, 0.5) is 0 Å². The molecule has 1 aliphatic heterocycles. The van der Waals surface area contributed by atoms with Gasteiger partial charge in [0.1, 0.15) is 5.15 Å². The fraction of sp³-hybridized carbons (Fsp3) is 0.500. The predicted molar refractivity (Wildman–Crippen MR) is 69.9 cm³/mol. The van der Waals surface area contributed by atoms with Crippen molar-refractivity contribution < 1.29 is 4.74 Å². The van der Waals surface area contributed by atoms with Gasteiger partial charge in [-0.1, -0.05) is 17.7 Å². The molecule has 16 heavy (non-hydrogen) atoms. The van der Waals surface area contributed by atoms with Crippen LogP contribution in [-0.4, -0.2) is 24.7 Å². The lowest BCUT2D eigenvalue weighted by Gasteiger charge is -2.14. The summed E-state index contributed by atoms with van der Waals surface area (Å²) in [7, 11) is 0. The first-order chi connectivity index (χ1) is 6.86. The van der Waals surface area contributed by atoms with Crippen molar-refractivity contribution in [1.29, 1.82) is 0 Å². The molecular weight excluding hydrogens is 270 g/mol. The highest BCUT2D eigenvalue weighted by Gasteiger charge is 2.13. The van der Waals surface area contributed by atoms with Gasteiger partial charge in [-0.05, 0) is 24.6 Å². The van der Waals surface area contributed by atoms with E-state index in [0.29, 0.717) is 11.8 Å². The Labute approximate surface area is 113 Å². The van der Waals surface area contributed by atoms with Gasteiger partial charge in [0.05, 0.1) is 12.6 Å². The second-order valence-electron chi connectivity index (χ2n) is 3.35. The lowest BCUT2D eigenvalue weighted by Crippen LogP contribution is -2.23. The normalized spacial score (nSPS) is 20.2. The number of ether oxygens (including phenoxy) is 1. The van der Waals surface area contributed by atoms with E-state index in [9.17, 15) is 0 Å². The Hall–Kier alpha value is -0.0600. The summed E-state index contributed by atoms with van der Waals surface area (Å²) in [6.45, 7) is 2.54. The van der Waals surface area contributed by atoms with E-state index in [2.05, 4.69) is 10.3 Å². The summed E-state index contributed by atoms with van der Waals surface area (Å²) in [6, 6.07) is 4.05. The average molecular weight is 286 g/mol. The first-order valence-corrected chi connectivity index (χ1v) is 5.16. The molecule has 2 heterocycles. The van der Waals surface area contributed by atoms with Crippen LogP contribution in [0, 0.1) is 0 Å². The standard InChI is InChI=1S/C10H13ClN2O.2ClH/c11-10-3-2-8(6-13-10)9-7-14-5-1-4-12-9;;/h2-3,6,9,12H,1,4-5,7H2;2*1H. The third-order valence-electron chi connectivity index (χ3n) is 2.29. The topological polar surface area (TPSA) is 34.1 Å². The molecule has 1 aromatic heterocycles. The quantitative estimate of drug-likeness (QED) is 0.806. The predicted octanol–water partition coefficient (Wildman–Crippen LogP) is 2.63. The van der Waals surface area contributed by atoms with Crippen molar-refractivity contribution in [2.24, 2.45) is 0 Å². The number of hydrogen-bond acceptors (Lipinski definition) is 3. The molecule has 6 heteroatoms. The van der Waals surface area contributed by atoms with E-state index in [1.54, 1.807) is 6.20 Å². The third-order valence-corrected chi connectivity index (χ3v) is 2.52. The van der Waals surface area contributed by atoms with Crippen LogP contribution in [0.25, 0.3) is 0 Å². The molecule has 1 aliphatic rings. The van der Waals surface area contributed by atoms with Crippen molar-refractivity contribution in [3.05, 3.63) is 29.0 Å². The molecule has 1 unspecified atom stereocenters. The number of hydrogen-bond donors (Lipinski definition) is 1. The van der Waals surface area contributed by atoms with Crippen LogP contribution in [-0.2, 0) is 4.74 Å². The summed E-state index contributed by atoms with van der Waals surface area (Å²) in [6.07, 6.45) is 2.87. The molecule has 1 fully saturated rings. The fourth-order valence-electron chi connectivity index (χ4n) is 1.52. The largest absolute Gasteiger partial charge is 0.379 e. The van der Waals surface area contributed by atoms with Gasteiger partial charge in [-0.25, -0.2) is 4.98 Å². The second kappa shape index (κ2) is 8.09. The molecule has 2 rings (SSSR count). The Balaban J connectivity index is 0.00000112. The van der Waals surface area contributed by atoms with E-state index in [1.807, 2.05) is 12.1 Å². The van der Waals surface area contributed by atoms with Crippen LogP contribution in [0.3, 0.4) is 0 Å². The molecule has 0 aromatic carbocycles. The number of nitrogens with one attached hydrogen (secondary N) is 1. The van der Waals surface area contributed by atoms with Crippen LogP contribution in [0.5, 0.6) is 0 Å². The van der Waals surface area contributed by atoms with E-state index >= 15 is 0 Å². The zero-order valence-corrected chi connectivity index (χ0v) is 11.1. The zero-order valence-electron chi connectivity index (χ0n) is 8.69. The van der Waals surface area contributed by atoms with E-state index in [4.69, 9.17) is 16.3 Å². The zero-order chi connectivity index (χ0) is 9.80. The van der Waals surface area contributed by atoms with Crippen LogP contribution in [0.1, 0.15) is 18.0 Å². The number of aromatic nitrogens is 1. The fourth-order valence-corrected chi connectivity index (χ4v) is 1.63.